The molecule has 1 heterocycles. The van der Waals surface area contributed by atoms with Crippen LogP contribution in [0.4, 0.5) is 0 Å². The van der Waals surface area contributed by atoms with Gasteiger partial charge in [-0.1, -0.05) is 6.92 Å². The van der Waals surface area contributed by atoms with Gasteiger partial charge < -0.3 is 0 Å². The summed E-state index contributed by atoms with van der Waals surface area (Å²) >= 11 is 0. The summed E-state index contributed by atoms with van der Waals surface area (Å²) in [5, 5.41) is 0. The van der Waals surface area contributed by atoms with Crippen molar-refractivity contribution in [2.75, 3.05) is 6.54 Å². The Morgan fingerprint density at radius 2 is 2.00 bits per heavy atom. The molecule has 2 bridgehead atoms. The molecule has 1 saturated heterocycles. The van der Waals surface area contributed by atoms with Crippen molar-refractivity contribution in [1.82, 2.24) is 4.90 Å². The van der Waals surface area contributed by atoms with Gasteiger partial charge in [-0.25, -0.2) is 0 Å². The van der Waals surface area contributed by atoms with Crippen LogP contribution < -0.4 is 0 Å². The van der Waals surface area contributed by atoms with Crippen molar-refractivity contribution in [2.45, 2.75) is 45.7 Å². The van der Waals surface area contributed by atoms with Gasteiger partial charge in [-0.05, 0) is 38.5 Å². The van der Waals surface area contributed by atoms with Crippen molar-refractivity contribution in [3.8, 4) is 0 Å². The van der Waals surface area contributed by atoms with Gasteiger partial charge in [-0.2, -0.15) is 0 Å². The summed E-state index contributed by atoms with van der Waals surface area (Å²) in [6.07, 6.45) is 2.95. The van der Waals surface area contributed by atoms with Gasteiger partial charge in [0.1, 0.15) is 0 Å². The van der Waals surface area contributed by atoms with Crippen LogP contribution in [0.5, 0.6) is 0 Å². The maximum absolute atomic E-state index is 2.69. The number of hydrogen-bond donors (Lipinski definition) is 0. The summed E-state index contributed by atoms with van der Waals surface area (Å²) in [5.74, 6) is 2.04. The molecule has 1 aliphatic heterocycles. The number of piperidine rings is 1. The lowest BCUT2D eigenvalue weighted by Gasteiger charge is -2.32. The van der Waals surface area contributed by atoms with Crippen LogP contribution in [0.3, 0.4) is 0 Å². The molecule has 2 rings (SSSR count). The Labute approximate surface area is 69.8 Å². The van der Waals surface area contributed by atoms with E-state index in [1.54, 1.807) is 0 Å². The summed E-state index contributed by atoms with van der Waals surface area (Å²) in [5.41, 5.74) is 0. The molecule has 64 valence electrons. The molecule has 0 amide bonds. The van der Waals surface area contributed by atoms with Crippen LogP contribution in [-0.2, 0) is 0 Å². The van der Waals surface area contributed by atoms with E-state index in [1.165, 1.54) is 19.4 Å². The molecule has 11 heavy (non-hydrogen) atoms. The summed E-state index contributed by atoms with van der Waals surface area (Å²) in [4.78, 5) is 2.69. The highest BCUT2D eigenvalue weighted by molar-refractivity contribution is 4.96. The van der Waals surface area contributed by atoms with E-state index in [0.29, 0.717) is 0 Å². The Hall–Kier alpha value is -0.0400. The van der Waals surface area contributed by atoms with Crippen LogP contribution in [0.25, 0.3) is 0 Å². The average molecular weight is 153 g/mol. The Balaban J connectivity index is 2.02. The third-order valence-corrected chi connectivity index (χ3v) is 3.60. The van der Waals surface area contributed by atoms with Gasteiger partial charge in [-0.3, -0.25) is 4.90 Å². The van der Waals surface area contributed by atoms with Crippen molar-refractivity contribution in [3.05, 3.63) is 0 Å². The van der Waals surface area contributed by atoms with E-state index < -0.39 is 0 Å². The molecular formula is C10H19N. The molecule has 2 fully saturated rings. The molecule has 0 aromatic rings. The van der Waals surface area contributed by atoms with Crippen molar-refractivity contribution in [3.63, 3.8) is 0 Å². The van der Waals surface area contributed by atoms with E-state index in [1.807, 2.05) is 0 Å². The van der Waals surface area contributed by atoms with Crippen LogP contribution >= 0.6 is 0 Å². The van der Waals surface area contributed by atoms with Crippen molar-refractivity contribution >= 4 is 0 Å². The second-order valence-corrected chi connectivity index (χ2v) is 4.65. The minimum absolute atomic E-state index is 0.775. The summed E-state index contributed by atoms with van der Waals surface area (Å²) in [6, 6.07) is 1.72. The molecule has 0 radical (unpaired) electrons. The zero-order valence-corrected chi connectivity index (χ0v) is 7.88. The number of rotatable bonds is 1. The zero-order chi connectivity index (χ0) is 8.01. The molecule has 0 spiro atoms. The minimum atomic E-state index is 0.775. The smallest absolute Gasteiger partial charge is 0.0104 e. The normalized spacial score (nSPS) is 44.2. The van der Waals surface area contributed by atoms with Gasteiger partial charge in [0, 0.05) is 18.6 Å². The molecule has 1 nitrogen and oxygen atoms in total. The first-order valence-corrected chi connectivity index (χ1v) is 4.94. The molecule has 1 unspecified atom stereocenters. The quantitative estimate of drug-likeness (QED) is 0.558. The minimum Gasteiger partial charge on any atom is -0.298 e. The van der Waals surface area contributed by atoms with Gasteiger partial charge in [-0.15, -0.1) is 0 Å². The van der Waals surface area contributed by atoms with Crippen LogP contribution in [0.1, 0.15) is 33.6 Å². The van der Waals surface area contributed by atoms with Crippen LogP contribution in [0.2, 0.25) is 0 Å². The van der Waals surface area contributed by atoms with Gasteiger partial charge >= 0.3 is 0 Å². The largest absolute Gasteiger partial charge is 0.298 e. The molecular weight excluding hydrogens is 134 g/mol. The molecule has 0 aromatic heterocycles. The van der Waals surface area contributed by atoms with E-state index in [4.69, 9.17) is 0 Å². The topological polar surface area (TPSA) is 3.24 Å². The first-order valence-electron chi connectivity index (χ1n) is 4.94. The zero-order valence-electron chi connectivity index (χ0n) is 7.88. The van der Waals surface area contributed by atoms with E-state index in [2.05, 4.69) is 25.7 Å². The number of likely N-dealkylation sites (tertiary alicyclic amines) is 1. The second kappa shape index (κ2) is 2.48. The summed E-state index contributed by atoms with van der Waals surface area (Å²) < 4.78 is 0. The number of fused-ring (bicyclic) bond motifs is 2. The van der Waals surface area contributed by atoms with Gasteiger partial charge in [0.2, 0.25) is 0 Å². The van der Waals surface area contributed by atoms with Gasteiger partial charge in [0.15, 0.2) is 0 Å². The molecule has 0 aromatic carbocycles. The highest BCUT2D eigenvalue weighted by atomic mass is 15.2. The fourth-order valence-electron chi connectivity index (χ4n) is 2.88. The van der Waals surface area contributed by atoms with E-state index in [9.17, 15) is 0 Å². The highest BCUT2D eigenvalue weighted by Crippen LogP contribution is 2.42. The van der Waals surface area contributed by atoms with Crippen LogP contribution in [-0.4, -0.2) is 23.5 Å². The van der Waals surface area contributed by atoms with Crippen LogP contribution in [0.15, 0.2) is 0 Å². The summed E-state index contributed by atoms with van der Waals surface area (Å²) in [6.45, 7) is 8.45. The van der Waals surface area contributed by atoms with Gasteiger partial charge in [0.05, 0.1) is 0 Å². The van der Waals surface area contributed by atoms with Crippen molar-refractivity contribution in [2.24, 2.45) is 11.8 Å². The summed E-state index contributed by atoms with van der Waals surface area (Å²) in [7, 11) is 0. The standard InChI is InChI=1S/C10H19N/c1-7(2)11-6-9-5-10(11)4-8(9)3/h7-10H,4-6H2,1-3H3/t8-,9?,10+/m0/s1. The Bertz CT molecular complexity index is 151. The second-order valence-electron chi connectivity index (χ2n) is 4.65. The third-order valence-electron chi connectivity index (χ3n) is 3.60. The maximum Gasteiger partial charge on any atom is 0.0104 e. The Morgan fingerprint density at radius 1 is 1.27 bits per heavy atom. The Morgan fingerprint density at radius 3 is 2.36 bits per heavy atom. The molecule has 3 atom stereocenters. The average Bonchev–Trinajstić information content (AvgIpc) is 2.43. The van der Waals surface area contributed by atoms with Crippen molar-refractivity contribution in [1.29, 1.82) is 0 Å². The molecule has 2 aliphatic rings. The first kappa shape index (κ1) is 7.60. The van der Waals surface area contributed by atoms with Crippen molar-refractivity contribution < 1.29 is 0 Å². The number of hydrogen-bond acceptors (Lipinski definition) is 1. The van der Waals surface area contributed by atoms with E-state index >= 15 is 0 Å². The molecule has 0 N–H and O–H groups in total. The lowest BCUT2D eigenvalue weighted by atomic mass is 9.96. The first-order chi connectivity index (χ1) is 5.18. The fourth-order valence-corrected chi connectivity index (χ4v) is 2.88. The van der Waals surface area contributed by atoms with E-state index in [-0.39, 0.29) is 0 Å². The molecule has 1 heteroatoms. The highest BCUT2D eigenvalue weighted by Gasteiger charge is 2.42. The molecule has 1 aliphatic carbocycles. The third kappa shape index (κ3) is 1.10. The maximum atomic E-state index is 2.69. The fraction of sp³-hybridized carbons (Fsp3) is 1.00. The number of nitrogens with zero attached hydrogens (tertiary/aromatic N) is 1. The molecule has 1 saturated carbocycles. The SMILES string of the molecule is CC(C)N1CC2C[C@H]1C[C@@H]2C. The predicted octanol–water partition coefficient (Wildman–Crippen LogP) is 2.13. The van der Waals surface area contributed by atoms with Gasteiger partial charge in [0.25, 0.3) is 0 Å². The lowest BCUT2D eigenvalue weighted by molar-refractivity contribution is 0.145. The van der Waals surface area contributed by atoms with Crippen LogP contribution in [0, 0.1) is 11.8 Å². The Kier molecular flexibility index (Phi) is 1.71. The lowest BCUT2D eigenvalue weighted by Crippen LogP contribution is -2.39. The van der Waals surface area contributed by atoms with E-state index in [0.717, 1.165) is 23.9 Å². The monoisotopic (exact) mass is 153 g/mol. The predicted molar refractivity (Wildman–Crippen MR) is 47.5 cm³/mol.